The van der Waals surface area contributed by atoms with Gasteiger partial charge in [0.2, 0.25) is 0 Å². The quantitative estimate of drug-likeness (QED) is 0.894. The van der Waals surface area contributed by atoms with Gasteiger partial charge in [-0.05, 0) is 39.5 Å². The summed E-state index contributed by atoms with van der Waals surface area (Å²) < 4.78 is 13.5. The summed E-state index contributed by atoms with van der Waals surface area (Å²) >= 11 is 3.13. The zero-order chi connectivity index (χ0) is 14.8. The molecule has 0 spiro atoms. The van der Waals surface area contributed by atoms with Crippen molar-refractivity contribution in [2.75, 3.05) is 0 Å². The van der Waals surface area contributed by atoms with Crippen LogP contribution in [0.4, 0.5) is 4.39 Å². The first-order valence-corrected chi connectivity index (χ1v) is 6.41. The lowest BCUT2D eigenvalue weighted by Crippen LogP contribution is -2.49. The molecule has 0 radical (unpaired) electrons. The Labute approximate surface area is 119 Å². The molecule has 0 heterocycles. The van der Waals surface area contributed by atoms with E-state index >= 15 is 0 Å². The van der Waals surface area contributed by atoms with Gasteiger partial charge in [-0.3, -0.25) is 4.79 Å². The van der Waals surface area contributed by atoms with Crippen LogP contribution in [0.3, 0.4) is 0 Å². The van der Waals surface area contributed by atoms with E-state index in [1.54, 1.807) is 20.8 Å². The van der Waals surface area contributed by atoms with E-state index in [1.165, 1.54) is 12.1 Å². The van der Waals surface area contributed by atoms with Crippen molar-refractivity contribution in [1.82, 2.24) is 5.32 Å². The lowest BCUT2D eigenvalue weighted by Gasteiger charge is -2.27. The predicted octanol–water partition coefficient (Wildman–Crippen LogP) is 2.82. The second kappa shape index (κ2) is 5.69. The van der Waals surface area contributed by atoms with Crippen LogP contribution in [0.5, 0.6) is 0 Å². The van der Waals surface area contributed by atoms with Crippen molar-refractivity contribution in [2.45, 2.75) is 26.8 Å². The number of nitrogens with one attached hydrogen (secondary N) is 1. The van der Waals surface area contributed by atoms with Crippen LogP contribution in [0.1, 0.15) is 31.1 Å². The van der Waals surface area contributed by atoms with Crippen LogP contribution in [-0.4, -0.2) is 23.0 Å². The molecule has 19 heavy (non-hydrogen) atoms. The summed E-state index contributed by atoms with van der Waals surface area (Å²) in [7, 11) is 0. The molecule has 0 aliphatic carbocycles. The number of rotatable bonds is 3. The Morgan fingerprint density at radius 2 is 1.95 bits per heavy atom. The molecule has 0 unspecified atom stereocenters. The predicted molar refractivity (Wildman–Crippen MR) is 72.4 cm³/mol. The normalized spacial score (nSPS) is 12.9. The third kappa shape index (κ3) is 4.02. The van der Waals surface area contributed by atoms with Gasteiger partial charge in [0, 0.05) is 4.47 Å². The molecule has 0 aliphatic heterocycles. The Balaban J connectivity index is 3.01. The minimum absolute atomic E-state index is 0.0653. The smallest absolute Gasteiger partial charge is 0.326 e. The molecule has 0 aromatic heterocycles. The fourth-order valence-electron chi connectivity index (χ4n) is 1.53. The number of halogens is 2. The van der Waals surface area contributed by atoms with Gasteiger partial charge in [0.15, 0.2) is 0 Å². The molecular formula is C13H15BrFNO3. The summed E-state index contributed by atoms with van der Waals surface area (Å²) in [6, 6.07) is 2.60. The number of hydrogen-bond acceptors (Lipinski definition) is 2. The molecule has 2 N–H and O–H groups in total. The zero-order valence-corrected chi connectivity index (χ0v) is 12.4. The maximum absolute atomic E-state index is 13.1. The van der Waals surface area contributed by atoms with Crippen molar-refractivity contribution in [3.63, 3.8) is 0 Å². The number of amides is 1. The van der Waals surface area contributed by atoms with Gasteiger partial charge in [-0.25, -0.2) is 9.18 Å². The number of carboxylic acids is 1. The second-order valence-corrected chi connectivity index (χ2v) is 6.09. The highest BCUT2D eigenvalue weighted by Crippen LogP contribution is 2.22. The molecule has 0 saturated carbocycles. The third-order valence-electron chi connectivity index (χ3n) is 2.56. The standard InChI is InChI=1S/C13H15BrFNO3/c1-13(2,3)10(12(18)19)16-11(17)8-6-7(15)4-5-9(8)14/h4-6,10H,1-3H3,(H,16,17)(H,18,19)/t10-/m1/s1. The van der Waals surface area contributed by atoms with E-state index in [-0.39, 0.29) is 5.56 Å². The largest absolute Gasteiger partial charge is 0.480 e. The van der Waals surface area contributed by atoms with Crippen molar-refractivity contribution < 1.29 is 19.1 Å². The molecule has 0 saturated heterocycles. The van der Waals surface area contributed by atoms with Gasteiger partial charge in [0.25, 0.3) is 5.91 Å². The Kier molecular flexibility index (Phi) is 4.68. The molecule has 1 aromatic rings. The second-order valence-electron chi connectivity index (χ2n) is 5.23. The fraction of sp³-hybridized carbons (Fsp3) is 0.385. The Bertz CT molecular complexity index is 511. The highest BCUT2D eigenvalue weighted by molar-refractivity contribution is 9.10. The summed E-state index contributed by atoms with van der Waals surface area (Å²) in [5.74, 6) is -2.32. The molecule has 0 bridgehead atoms. The zero-order valence-electron chi connectivity index (χ0n) is 10.8. The summed E-state index contributed by atoms with van der Waals surface area (Å²) in [6.07, 6.45) is 0. The maximum atomic E-state index is 13.1. The van der Waals surface area contributed by atoms with E-state index in [9.17, 15) is 14.0 Å². The van der Waals surface area contributed by atoms with Gasteiger partial charge < -0.3 is 10.4 Å². The molecule has 1 rings (SSSR count). The topological polar surface area (TPSA) is 66.4 Å². The van der Waals surface area contributed by atoms with Crippen molar-refractivity contribution in [1.29, 1.82) is 0 Å². The first-order valence-electron chi connectivity index (χ1n) is 5.61. The van der Waals surface area contributed by atoms with Gasteiger partial charge in [-0.1, -0.05) is 20.8 Å². The molecular weight excluding hydrogens is 317 g/mol. The van der Waals surface area contributed by atoms with Crippen LogP contribution >= 0.6 is 15.9 Å². The number of benzene rings is 1. The first-order chi connectivity index (χ1) is 8.62. The van der Waals surface area contributed by atoms with E-state index in [1.807, 2.05) is 0 Å². The molecule has 0 fully saturated rings. The lowest BCUT2D eigenvalue weighted by molar-refractivity contribution is -0.142. The lowest BCUT2D eigenvalue weighted by atomic mass is 9.86. The molecule has 4 nitrogen and oxygen atoms in total. The minimum Gasteiger partial charge on any atom is -0.480 e. The van der Waals surface area contributed by atoms with Crippen molar-refractivity contribution >= 4 is 27.8 Å². The number of carbonyl (C=O) groups excluding carboxylic acids is 1. The average molecular weight is 332 g/mol. The Morgan fingerprint density at radius 3 is 2.42 bits per heavy atom. The summed E-state index contributed by atoms with van der Waals surface area (Å²) in [5.41, 5.74) is -0.586. The number of carboxylic acid groups (broad SMARTS) is 1. The number of carbonyl (C=O) groups is 2. The fourth-order valence-corrected chi connectivity index (χ4v) is 1.96. The van der Waals surface area contributed by atoms with Crippen LogP contribution in [0.2, 0.25) is 0 Å². The first kappa shape index (κ1) is 15.6. The highest BCUT2D eigenvalue weighted by atomic mass is 79.9. The molecule has 0 aliphatic rings. The highest BCUT2D eigenvalue weighted by Gasteiger charge is 2.33. The minimum atomic E-state index is -1.13. The van der Waals surface area contributed by atoms with E-state index in [2.05, 4.69) is 21.2 Å². The average Bonchev–Trinajstić information content (AvgIpc) is 2.26. The summed E-state index contributed by atoms with van der Waals surface area (Å²) in [4.78, 5) is 23.2. The van der Waals surface area contributed by atoms with Crippen LogP contribution in [0, 0.1) is 11.2 Å². The third-order valence-corrected chi connectivity index (χ3v) is 3.25. The molecule has 1 amide bonds. The van der Waals surface area contributed by atoms with E-state index in [4.69, 9.17) is 5.11 Å². The Hall–Kier alpha value is -1.43. The number of aliphatic carboxylic acids is 1. The van der Waals surface area contributed by atoms with Gasteiger partial charge in [0.05, 0.1) is 5.56 Å². The van der Waals surface area contributed by atoms with E-state index in [0.29, 0.717) is 4.47 Å². The van der Waals surface area contributed by atoms with Crippen LogP contribution in [-0.2, 0) is 4.79 Å². The van der Waals surface area contributed by atoms with Crippen LogP contribution in [0.15, 0.2) is 22.7 Å². The van der Waals surface area contributed by atoms with Gasteiger partial charge in [-0.15, -0.1) is 0 Å². The molecule has 6 heteroatoms. The number of hydrogen-bond donors (Lipinski definition) is 2. The summed E-state index contributed by atoms with van der Waals surface area (Å²) in [6.45, 7) is 5.10. The van der Waals surface area contributed by atoms with Crippen molar-refractivity contribution in [2.24, 2.45) is 5.41 Å². The molecule has 1 aromatic carbocycles. The Morgan fingerprint density at radius 1 is 1.37 bits per heavy atom. The summed E-state index contributed by atoms with van der Waals surface area (Å²) in [5, 5.41) is 11.5. The molecule has 104 valence electrons. The van der Waals surface area contributed by atoms with Crippen LogP contribution in [0.25, 0.3) is 0 Å². The maximum Gasteiger partial charge on any atom is 0.326 e. The van der Waals surface area contributed by atoms with E-state index < -0.39 is 29.2 Å². The van der Waals surface area contributed by atoms with Crippen molar-refractivity contribution in [3.05, 3.63) is 34.1 Å². The van der Waals surface area contributed by atoms with Crippen LogP contribution < -0.4 is 5.32 Å². The van der Waals surface area contributed by atoms with E-state index in [0.717, 1.165) is 6.07 Å². The van der Waals surface area contributed by atoms with Gasteiger partial charge >= 0.3 is 5.97 Å². The van der Waals surface area contributed by atoms with Gasteiger partial charge in [0.1, 0.15) is 11.9 Å². The monoisotopic (exact) mass is 331 g/mol. The van der Waals surface area contributed by atoms with Crippen molar-refractivity contribution in [3.8, 4) is 0 Å². The van der Waals surface area contributed by atoms with Gasteiger partial charge in [-0.2, -0.15) is 0 Å². The molecule has 1 atom stereocenters. The SMILES string of the molecule is CC(C)(C)[C@H](NC(=O)c1cc(F)ccc1Br)C(=O)O.